The molecule has 8 atom stereocenters. The van der Waals surface area contributed by atoms with E-state index >= 15 is 0 Å². The Bertz CT molecular complexity index is 2080. The SMILES string of the molecule is COc1ccc2c(c1)N(C(=O)OC(C)(C)C)[C@@H](OC1CCCCO1)[C@@H]1C(OCCCCCCCCCCCOC3CCN4C(=O)c5ccc(OC)cc5N(C(=O)OC(C)(C)C)[C@@H](OC5CCCCO5)[C@H]34)CCN1C2=O. The first kappa shape index (κ1) is 56.5. The summed E-state index contributed by atoms with van der Waals surface area (Å²) in [6.45, 7) is 14.0. The molecule has 0 aliphatic carbocycles. The van der Waals surface area contributed by atoms with E-state index in [0.717, 1.165) is 83.5 Å². The van der Waals surface area contributed by atoms with Gasteiger partial charge >= 0.3 is 12.2 Å². The van der Waals surface area contributed by atoms with Crippen molar-refractivity contribution in [1.82, 2.24) is 9.80 Å². The van der Waals surface area contributed by atoms with Crippen LogP contribution in [-0.2, 0) is 37.9 Å². The summed E-state index contributed by atoms with van der Waals surface area (Å²) in [5, 5.41) is 0. The zero-order valence-corrected chi connectivity index (χ0v) is 45.9. The van der Waals surface area contributed by atoms with Gasteiger partial charge in [0.05, 0.1) is 48.9 Å². The lowest BCUT2D eigenvalue weighted by molar-refractivity contribution is -0.202. The molecular formula is C57H84N4O14. The van der Waals surface area contributed by atoms with E-state index in [4.69, 9.17) is 47.4 Å². The van der Waals surface area contributed by atoms with Crippen LogP contribution in [0.15, 0.2) is 36.4 Å². The Labute approximate surface area is 444 Å². The summed E-state index contributed by atoms with van der Waals surface area (Å²) >= 11 is 0. The number of carbonyl (C=O) groups is 4. The van der Waals surface area contributed by atoms with Crippen molar-refractivity contribution in [3.8, 4) is 11.5 Å². The van der Waals surface area contributed by atoms with Crippen molar-refractivity contribution < 1.29 is 66.5 Å². The van der Waals surface area contributed by atoms with Crippen molar-refractivity contribution in [3.63, 3.8) is 0 Å². The molecule has 0 radical (unpaired) electrons. The van der Waals surface area contributed by atoms with Crippen molar-refractivity contribution in [2.75, 3.05) is 63.5 Å². The smallest absolute Gasteiger partial charge is 0.417 e. The third-order valence-corrected chi connectivity index (χ3v) is 14.8. The van der Waals surface area contributed by atoms with Crippen molar-refractivity contribution >= 4 is 35.4 Å². The van der Waals surface area contributed by atoms with Crippen molar-refractivity contribution in [3.05, 3.63) is 47.5 Å². The molecule has 0 aromatic heterocycles. The van der Waals surface area contributed by atoms with Crippen molar-refractivity contribution in [1.29, 1.82) is 0 Å². The molecule has 2 aromatic rings. The molecule has 6 heterocycles. The fourth-order valence-electron chi connectivity index (χ4n) is 11.2. The molecule has 0 N–H and O–H groups in total. The van der Waals surface area contributed by atoms with Gasteiger partial charge in [-0.25, -0.2) is 19.4 Å². The van der Waals surface area contributed by atoms with Crippen LogP contribution < -0.4 is 19.3 Å². The number of rotatable bonds is 20. The molecule has 6 aliphatic heterocycles. The number of hydrogen-bond acceptors (Lipinski definition) is 14. The Kier molecular flexibility index (Phi) is 19.3. The van der Waals surface area contributed by atoms with E-state index in [1.165, 1.54) is 9.80 Å². The lowest BCUT2D eigenvalue weighted by Gasteiger charge is -2.40. The van der Waals surface area contributed by atoms with Gasteiger partial charge in [-0.15, -0.1) is 0 Å². The van der Waals surface area contributed by atoms with Crippen molar-refractivity contribution in [2.45, 2.75) is 211 Å². The zero-order valence-electron chi connectivity index (χ0n) is 45.9. The molecule has 4 amide bonds. The van der Waals surface area contributed by atoms with Crippen LogP contribution in [0.2, 0.25) is 0 Å². The maximum absolute atomic E-state index is 14.3. The van der Waals surface area contributed by atoms with Crippen molar-refractivity contribution in [2.24, 2.45) is 0 Å². The number of amides is 4. The Hall–Kier alpha value is -4.72. The number of unbranched alkanes of at least 4 members (excludes halogenated alkanes) is 8. The molecule has 0 saturated carbocycles. The normalized spacial score (nSPS) is 26.0. The van der Waals surface area contributed by atoms with Gasteiger partial charge in [0, 0.05) is 51.6 Å². The maximum atomic E-state index is 14.3. The molecule has 2 aromatic carbocycles. The first-order chi connectivity index (χ1) is 36.0. The van der Waals surface area contributed by atoms with E-state index in [1.807, 2.05) is 41.5 Å². The van der Waals surface area contributed by atoms with E-state index in [2.05, 4.69) is 0 Å². The van der Waals surface area contributed by atoms with Gasteiger partial charge in [-0.1, -0.05) is 44.9 Å². The number of anilines is 2. The second kappa shape index (κ2) is 25.6. The van der Waals surface area contributed by atoms with Gasteiger partial charge in [-0.3, -0.25) is 9.59 Å². The number of hydrogen-bond donors (Lipinski definition) is 0. The number of fused-ring (bicyclic) bond motifs is 4. The van der Waals surface area contributed by atoms with Crippen LogP contribution in [0, 0.1) is 0 Å². The highest BCUT2D eigenvalue weighted by Gasteiger charge is 2.54. The first-order valence-corrected chi connectivity index (χ1v) is 27.8. The average molecular weight is 1050 g/mol. The fraction of sp³-hybridized carbons (Fsp3) is 0.719. The van der Waals surface area contributed by atoms with E-state index in [0.29, 0.717) is 99.2 Å². The van der Waals surface area contributed by atoms with Gasteiger partial charge in [0.25, 0.3) is 11.8 Å². The zero-order chi connectivity index (χ0) is 53.3. The number of nitrogens with zero attached hydrogens (tertiary/aromatic N) is 4. The minimum Gasteiger partial charge on any atom is -0.497 e. The highest BCUT2D eigenvalue weighted by Crippen LogP contribution is 2.43. The molecule has 18 nitrogen and oxygen atoms in total. The summed E-state index contributed by atoms with van der Waals surface area (Å²) < 4.78 is 62.0. The molecule has 4 saturated heterocycles. The second-order valence-corrected chi connectivity index (χ2v) is 22.7. The second-order valence-electron chi connectivity index (χ2n) is 22.7. The quantitative estimate of drug-likeness (QED) is 0.115. The molecular weight excluding hydrogens is 965 g/mol. The van der Waals surface area contributed by atoms with Gasteiger partial charge in [0.2, 0.25) is 0 Å². The monoisotopic (exact) mass is 1050 g/mol. The molecule has 4 unspecified atom stereocenters. The summed E-state index contributed by atoms with van der Waals surface area (Å²) in [5.74, 6) is 0.629. The molecule has 75 heavy (non-hydrogen) atoms. The summed E-state index contributed by atoms with van der Waals surface area (Å²) in [6, 6.07) is 9.12. The highest BCUT2D eigenvalue weighted by molar-refractivity contribution is 6.06. The Balaban J connectivity index is 0.809. The van der Waals surface area contributed by atoms with Gasteiger partial charge in [0.1, 0.15) is 34.8 Å². The Morgan fingerprint density at radius 3 is 1.28 bits per heavy atom. The summed E-state index contributed by atoms with van der Waals surface area (Å²) in [4.78, 5) is 63.8. The van der Waals surface area contributed by atoms with Crippen LogP contribution >= 0.6 is 0 Å². The molecule has 4 fully saturated rings. The lowest BCUT2D eigenvalue weighted by atomic mass is 10.1. The highest BCUT2D eigenvalue weighted by atomic mass is 16.7. The Morgan fingerprint density at radius 1 is 0.547 bits per heavy atom. The van der Waals surface area contributed by atoms with E-state index in [1.54, 1.807) is 60.4 Å². The largest absolute Gasteiger partial charge is 0.497 e. The van der Waals surface area contributed by atoms with E-state index < -0.39 is 60.5 Å². The predicted octanol–water partition coefficient (Wildman–Crippen LogP) is 10.4. The molecule has 6 aliphatic rings. The summed E-state index contributed by atoms with van der Waals surface area (Å²) in [7, 11) is 3.11. The van der Waals surface area contributed by atoms with E-state index in [9.17, 15) is 19.2 Å². The van der Waals surface area contributed by atoms with Gasteiger partial charge in [-0.2, -0.15) is 0 Å². The number of carbonyl (C=O) groups excluding carboxylic acids is 4. The third-order valence-electron chi connectivity index (χ3n) is 14.8. The Morgan fingerprint density at radius 2 is 0.933 bits per heavy atom. The van der Waals surface area contributed by atoms with E-state index in [-0.39, 0.29) is 24.0 Å². The van der Waals surface area contributed by atoms with Crippen LogP contribution in [-0.4, -0.2) is 148 Å². The minimum absolute atomic E-state index is 0.191. The lowest BCUT2D eigenvalue weighted by Crippen LogP contribution is -2.58. The van der Waals surface area contributed by atoms with Crippen LogP contribution in [0.3, 0.4) is 0 Å². The van der Waals surface area contributed by atoms with Crippen LogP contribution in [0.25, 0.3) is 0 Å². The standard InChI is InChI=1S/C57H84N4O14/c1-56(2,3)74-54(64)60-42-36-38(66-7)24-26-40(42)50(62)58-30-28-44(48(58)52(60)72-46-22-16-20-34-70-46)68-32-18-14-12-10-9-11-13-15-19-33-69-45-29-31-59-49(45)53(73-47-23-17-21-35-71-47)61(55(65)75-57(4,5)6)43-37-39(67-8)25-27-41(43)51(59)63/h24-27,36-37,44-49,52-53H,9-23,28-35H2,1-8H3/t44?,45?,46?,47?,48-,49-,52-,53-/m0/s1. The molecule has 8 rings (SSSR count). The van der Waals surface area contributed by atoms with Crippen LogP contribution in [0.4, 0.5) is 21.0 Å². The maximum Gasteiger partial charge on any atom is 0.417 e. The number of benzene rings is 2. The summed E-state index contributed by atoms with van der Waals surface area (Å²) in [6.07, 6.45) is 10.7. The average Bonchev–Trinajstić information content (AvgIpc) is 3.96. The van der Waals surface area contributed by atoms with Gasteiger partial charge in [-0.05, 0) is 130 Å². The molecule has 18 heteroatoms. The first-order valence-electron chi connectivity index (χ1n) is 27.8. The third kappa shape index (κ3) is 14.1. The fourth-order valence-corrected chi connectivity index (χ4v) is 11.2. The van der Waals surface area contributed by atoms with Crippen LogP contribution in [0.1, 0.15) is 171 Å². The molecule has 0 spiro atoms. The molecule has 0 bridgehead atoms. The van der Waals surface area contributed by atoms with Crippen LogP contribution in [0.5, 0.6) is 11.5 Å². The van der Waals surface area contributed by atoms with Gasteiger partial charge < -0.3 is 57.2 Å². The number of ether oxygens (including phenoxy) is 10. The van der Waals surface area contributed by atoms with Gasteiger partial charge in [0.15, 0.2) is 25.0 Å². The predicted molar refractivity (Wildman–Crippen MR) is 280 cm³/mol. The molecule has 416 valence electrons. The summed E-state index contributed by atoms with van der Waals surface area (Å²) in [5.41, 5.74) is -0.110. The topological polar surface area (TPSA) is 174 Å². The minimum atomic E-state index is -0.922. The number of methoxy groups -OCH3 is 2.